The van der Waals surface area contributed by atoms with Crippen LogP contribution < -0.4 is 10.6 Å². The van der Waals surface area contributed by atoms with Crippen LogP contribution in [0.25, 0.3) is 0 Å². The summed E-state index contributed by atoms with van der Waals surface area (Å²) in [6.07, 6.45) is 0.964. The Kier molecular flexibility index (Phi) is 6.15. The van der Waals surface area contributed by atoms with Crippen LogP contribution in [0.5, 0.6) is 0 Å². The van der Waals surface area contributed by atoms with Gasteiger partial charge in [0.05, 0.1) is 0 Å². The lowest BCUT2D eigenvalue weighted by Gasteiger charge is -2.07. The first-order valence-electron chi connectivity index (χ1n) is 7.04. The average molecular weight is 361 g/mol. The van der Waals surface area contributed by atoms with Gasteiger partial charge in [0.25, 0.3) is 5.91 Å². The summed E-state index contributed by atoms with van der Waals surface area (Å²) in [6.45, 7) is 0.474. The highest BCUT2D eigenvalue weighted by Crippen LogP contribution is 2.14. The second-order valence-corrected chi connectivity index (χ2v) is 5.70. The first-order valence-corrected chi connectivity index (χ1v) is 7.83. The number of rotatable bonds is 6. The molecule has 0 saturated heterocycles. The fourth-order valence-corrected chi connectivity index (χ4v) is 2.16. The van der Waals surface area contributed by atoms with Crippen LogP contribution >= 0.6 is 15.9 Å². The molecule has 0 aliphatic heterocycles. The van der Waals surface area contributed by atoms with Gasteiger partial charge in [0.15, 0.2) is 0 Å². The third kappa shape index (κ3) is 5.33. The molecule has 114 valence electrons. The molecule has 0 fully saturated rings. The van der Waals surface area contributed by atoms with Crippen molar-refractivity contribution in [3.05, 3.63) is 64.6 Å². The van der Waals surface area contributed by atoms with Crippen molar-refractivity contribution in [3.63, 3.8) is 0 Å². The largest absolute Gasteiger partial charge is 0.352 e. The highest BCUT2D eigenvalue weighted by atomic mass is 79.9. The monoisotopic (exact) mass is 360 g/mol. The Morgan fingerprint density at radius 2 is 1.64 bits per heavy atom. The van der Waals surface area contributed by atoms with Gasteiger partial charge in [-0.05, 0) is 42.8 Å². The van der Waals surface area contributed by atoms with Crippen molar-refractivity contribution in [2.45, 2.75) is 12.8 Å². The first kappa shape index (κ1) is 16.2. The molecule has 0 atom stereocenters. The molecule has 0 unspecified atom stereocenters. The molecule has 2 rings (SSSR count). The molecule has 22 heavy (non-hydrogen) atoms. The Morgan fingerprint density at radius 1 is 0.955 bits per heavy atom. The van der Waals surface area contributed by atoms with Gasteiger partial charge in [-0.25, -0.2) is 0 Å². The van der Waals surface area contributed by atoms with Gasteiger partial charge in [-0.1, -0.05) is 34.1 Å². The summed E-state index contributed by atoms with van der Waals surface area (Å²) in [5.41, 5.74) is 1.39. The normalized spacial score (nSPS) is 10.0. The fourth-order valence-electron chi connectivity index (χ4n) is 1.90. The van der Waals surface area contributed by atoms with Crippen LogP contribution in [0.3, 0.4) is 0 Å². The molecular weight excluding hydrogens is 344 g/mol. The lowest BCUT2D eigenvalue weighted by atomic mass is 10.2. The first-order chi connectivity index (χ1) is 10.6. The summed E-state index contributed by atoms with van der Waals surface area (Å²) in [5.74, 6) is -0.176. The lowest BCUT2D eigenvalue weighted by molar-refractivity contribution is -0.116. The second kappa shape index (κ2) is 8.34. The van der Waals surface area contributed by atoms with Gasteiger partial charge in [0.1, 0.15) is 0 Å². The number of carbonyl (C=O) groups is 2. The topological polar surface area (TPSA) is 58.2 Å². The Labute approximate surface area is 138 Å². The molecule has 5 heteroatoms. The quantitative estimate of drug-likeness (QED) is 0.773. The number of hydrogen-bond donors (Lipinski definition) is 2. The predicted octanol–water partition coefficient (Wildman–Crippen LogP) is 3.60. The molecule has 0 radical (unpaired) electrons. The van der Waals surface area contributed by atoms with Crippen LogP contribution in [-0.2, 0) is 4.79 Å². The van der Waals surface area contributed by atoms with Crippen LogP contribution in [-0.4, -0.2) is 18.4 Å². The highest BCUT2D eigenvalue weighted by molar-refractivity contribution is 9.10. The zero-order valence-electron chi connectivity index (χ0n) is 12.0. The van der Waals surface area contributed by atoms with Gasteiger partial charge >= 0.3 is 0 Å². The van der Waals surface area contributed by atoms with E-state index >= 15 is 0 Å². The molecule has 2 N–H and O–H groups in total. The Hall–Kier alpha value is -2.14. The van der Waals surface area contributed by atoms with Gasteiger partial charge in [0.2, 0.25) is 5.91 Å². The minimum Gasteiger partial charge on any atom is -0.352 e. The summed E-state index contributed by atoms with van der Waals surface area (Å²) in [5, 5.41) is 5.62. The van der Waals surface area contributed by atoms with E-state index < -0.39 is 0 Å². The van der Waals surface area contributed by atoms with Crippen LogP contribution in [0.1, 0.15) is 23.2 Å². The Balaban J connectivity index is 1.67. The molecule has 0 spiro atoms. The van der Waals surface area contributed by atoms with Crippen LogP contribution in [0.15, 0.2) is 59.1 Å². The predicted molar refractivity (Wildman–Crippen MR) is 90.8 cm³/mol. The number of amides is 2. The smallest absolute Gasteiger partial charge is 0.251 e. The number of hydrogen-bond acceptors (Lipinski definition) is 2. The van der Waals surface area contributed by atoms with E-state index in [0.29, 0.717) is 24.9 Å². The molecule has 0 bridgehead atoms. The van der Waals surface area contributed by atoms with E-state index in [1.54, 1.807) is 12.1 Å². The van der Waals surface area contributed by atoms with Crippen molar-refractivity contribution in [1.82, 2.24) is 5.32 Å². The maximum Gasteiger partial charge on any atom is 0.251 e. The molecule has 0 heterocycles. The van der Waals surface area contributed by atoms with E-state index in [-0.39, 0.29) is 11.8 Å². The summed E-state index contributed by atoms with van der Waals surface area (Å²) < 4.78 is 0.967. The maximum absolute atomic E-state index is 11.8. The number of nitrogens with one attached hydrogen (secondary N) is 2. The van der Waals surface area contributed by atoms with E-state index in [2.05, 4.69) is 26.6 Å². The van der Waals surface area contributed by atoms with Crippen molar-refractivity contribution >= 4 is 33.4 Å². The summed E-state index contributed by atoms with van der Waals surface area (Å²) in [7, 11) is 0. The molecule has 2 aromatic rings. The Bertz CT molecular complexity index is 627. The van der Waals surface area contributed by atoms with Crippen LogP contribution in [0, 0.1) is 0 Å². The van der Waals surface area contributed by atoms with Crippen molar-refractivity contribution in [2.75, 3.05) is 11.9 Å². The van der Waals surface area contributed by atoms with E-state index in [4.69, 9.17) is 0 Å². The van der Waals surface area contributed by atoms with Crippen molar-refractivity contribution in [3.8, 4) is 0 Å². The summed E-state index contributed by atoms with van der Waals surface area (Å²) >= 11 is 3.34. The van der Waals surface area contributed by atoms with E-state index in [0.717, 1.165) is 10.2 Å². The van der Waals surface area contributed by atoms with Crippen molar-refractivity contribution in [1.29, 1.82) is 0 Å². The fraction of sp³-hybridized carbons (Fsp3) is 0.176. The number of benzene rings is 2. The van der Waals surface area contributed by atoms with Crippen LogP contribution in [0.4, 0.5) is 5.69 Å². The minimum atomic E-state index is -0.117. The Morgan fingerprint density at radius 3 is 2.32 bits per heavy atom. The third-order valence-corrected chi connectivity index (χ3v) is 3.56. The SMILES string of the molecule is O=C(CCCNC(=O)c1ccccc1)Nc1ccc(Br)cc1. The van der Waals surface area contributed by atoms with E-state index in [1.165, 1.54) is 0 Å². The molecule has 4 nitrogen and oxygen atoms in total. The molecule has 0 saturated carbocycles. The molecule has 2 aromatic carbocycles. The van der Waals surface area contributed by atoms with Crippen molar-refractivity contribution in [2.24, 2.45) is 0 Å². The second-order valence-electron chi connectivity index (χ2n) is 4.78. The molecule has 0 aliphatic carbocycles. The number of anilines is 1. The summed E-state index contributed by atoms with van der Waals surface area (Å²) in [4.78, 5) is 23.6. The van der Waals surface area contributed by atoms with Crippen molar-refractivity contribution < 1.29 is 9.59 Å². The van der Waals surface area contributed by atoms with Gasteiger partial charge in [0, 0.05) is 28.7 Å². The van der Waals surface area contributed by atoms with Crippen LogP contribution in [0.2, 0.25) is 0 Å². The standard InChI is InChI=1S/C17H17BrN2O2/c18-14-8-10-15(11-9-14)20-16(21)7-4-12-19-17(22)13-5-2-1-3-6-13/h1-3,5-6,8-11H,4,7,12H2,(H,19,22)(H,20,21). The van der Waals surface area contributed by atoms with Gasteiger partial charge in [-0.2, -0.15) is 0 Å². The molecule has 2 amide bonds. The minimum absolute atomic E-state index is 0.0590. The summed E-state index contributed by atoms with van der Waals surface area (Å²) in [6, 6.07) is 16.4. The zero-order valence-corrected chi connectivity index (χ0v) is 13.6. The number of halogens is 1. The number of carbonyl (C=O) groups excluding carboxylic acids is 2. The third-order valence-electron chi connectivity index (χ3n) is 3.03. The van der Waals surface area contributed by atoms with E-state index in [1.807, 2.05) is 42.5 Å². The zero-order chi connectivity index (χ0) is 15.8. The average Bonchev–Trinajstić information content (AvgIpc) is 2.54. The molecule has 0 aliphatic rings. The molecule has 0 aromatic heterocycles. The highest BCUT2D eigenvalue weighted by Gasteiger charge is 2.05. The lowest BCUT2D eigenvalue weighted by Crippen LogP contribution is -2.25. The van der Waals surface area contributed by atoms with E-state index in [9.17, 15) is 9.59 Å². The molecular formula is C17H17BrN2O2. The van der Waals surface area contributed by atoms with Gasteiger partial charge < -0.3 is 10.6 Å². The van der Waals surface area contributed by atoms with Gasteiger partial charge in [-0.15, -0.1) is 0 Å². The van der Waals surface area contributed by atoms with Gasteiger partial charge in [-0.3, -0.25) is 9.59 Å². The maximum atomic E-state index is 11.8.